The lowest BCUT2D eigenvalue weighted by molar-refractivity contribution is 0.104. The van der Waals surface area contributed by atoms with Crippen molar-refractivity contribution in [1.29, 1.82) is 0 Å². The number of hydrogen-bond acceptors (Lipinski definition) is 1. The Labute approximate surface area is 133 Å². The molecule has 0 radical (unpaired) electrons. The van der Waals surface area contributed by atoms with Gasteiger partial charge in [0.2, 0.25) is 0 Å². The summed E-state index contributed by atoms with van der Waals surface area (Å²) in [4.78, 5) is 11.6. The second-order valence-corrected chi connectivity index (χ2v) is 5.59. The molecule has 2 aromatic rings. The molecule has 0 aliphatic heterocycles. The molecule has 2 aromatic carbocycles. The van der Waals surface area contributed by atoms with Gasteiger partial charge in [-0.3, -0.25) is 4.79 Å². The minimum absolute atomic E-state index is 0.0169. The standard InChI is InChI=1S/C19H18O.C2H6/c1-3-18(20)15-6-10-17(11-7-15)19(12-13-19)16-8-4-14(2)5-9-16;1-2/h3-11H,1,12-13H2,2H3;1-2H3. The Bertz CT molecular complexity index is 643. The Kier molecular flexibility index (Phi) is 4.97. The summed E-state index contributed by atoms with van der Waals surface area (Å²) in [5.41, 5.74) is 4.86. The van der Waals surface area contributed by atoms with E-state index in [1.165, 1.54) is 35.6 Å². The van der Waals surface area contributed by atoms with E-state index >= 15 is 0 Å². The maximum Gasteiger partial charge on any atom is 0.185 e. The lowest BCUT2D eigenvalue weighted by atomic mass is 9.87. The van der Waals surface area contributed by atoms with E-state index in [-0.39, 0.29) is 11.2 Å². The van der Waals surface area contributed by atoms with E-state index in [0.717, 1.165) is 0 Å². The summed E-state index contributed by atoms with van der Waals surface area (Å²) >= 11 is 0. The van der Waals surface area contributed by atoms with Crippen molar-refractivity contribution < 1.29 is 4.79 Å². The highest BCUT2D eigenvalue weighted by Crippen LogP contribution is 2.53. The molecule has 0 saturated heterocycles. The molecule has 22 heavy (non-hydrogen) atoms. The minimum atomic E-state index is -0.0169. The highest BCUT2D eigenvalue weighted by atomic mass is 16.1. The van der Waals surface area contributed by atoms with Gasteiger partial charge in [-0.05, 0) is 37.0 Å². The molecular weight excluding hydrogens is 268 g/mol. The average molecular weight is 292 g/mol. The maximum atomic E-state index is 11.6. The van der Waals surface area contributed by atoms with Gasteiger partial charge >= 0.3 is 0 Å². The molecule has 1 nitrogen and oxygen atoms in total. The summed E-state index contributed by atoms with van der Waals surface area (Å²) in [6.07, 6.45) is 3.73. The Morgan fingerprint density at radius 2 is 1.41 bits per heavy atom. The fourth-order valence-corrected chi connectivity index (χ4v) is 2.81. The smallest absolute Gasteiger partial charge is 0.185 e. The van der Waals surface area contributed by atoms with Crippen molar-refractivity contribution in [3.8, 4) is 0 Å². The van der Waals surface area contributed by atoms with Crippen molar-refractivity contribution in [2.75, 3.05) is 0 Å². The molecule has 1 fully saturated rings. The first kappa shape index (κ1) is 16.2. The second-order valence-electron chi connectivity index (χ2n) is 5.59. The number of benzene rings is 2. The summed E-state index contributed by atoms with van der Waals surface area (Å²) in [5.74, 6) is -0.0169. The van der Waals surface area contributed by atoms with E-state index in [9.17, 15) is 4.79 Å². The van der Waals surface area contributed by atoms with E-state index in [1.54, 1.807) is 0 Å². The van der Waals surface area contributed by atoms with Gasteiger partial charge in [-0.25, -0.2) is 0 Å². The monoisotopic (exact) mass is 292 g/mol. The number of aryl methyl sites for hydroxylation is 1. The molecular formula is C21H24O. The zero-order chi connectivity index (χ0) is 16.2. The van der Waals surface area contributed by atoms with E-state index < -0.39 is 0 Å². The van der Waals surface area contributed by atoms with E-state index in [1.807, 2.05) is 26.0 Å². The van der Waals surface area contributed by atoms with Crippen LogP contribution in [0.25, 0.3) is 0 Å². The molecule has 1 aliphatic carbocycles. The zero-order valence-electron chi connectivity index (χ0n) is 13.7. The summed E-state index contributed by atoms with van der Waals surface area (Å²) in [6, 6.07) is 16.8. The molecule has 0 bridgehead atoms. The third-order valence-electron chi connectivity index (χ3n) is 4.26. The van der Waals surface area contributed by atoms with E-state index in [4.69, 9.17) is 0 Å². The third-order valence-corrected chi connectivity index (χ3v) is 4.26. The lowest BCUT2D eigenvalue weighted by Gasteiger charge is -2.17. The molecule has 0 spiro atoms. The van der Waals surface area contributed by atoms with Gasteiger partial charge in [0.1, 0.15) is 0 Å². The number of ketones is 1. The molecule has 0 unspecified atom stereocenters. The lowest BCUT2D eigenvalue weighted by Crippen LogP contribution is -2.09. The van der Waals surface area contributed by atoms with E-state index in [0.29, 0.717) is 5.56 Å². The topological polar surface area (TPSA) is 17.1 Å². The van der Waals surface area contributed by atoms with Crippen LogP contribution >= 0.6 is 0 Å². The van der Waals surface area contributed by atoms with E-state index in [2.05, 4.69) is 49.9 Å². The fourth-order valence-electron chi connectivity index (χ4n) is 2.81. The quantitative estimate of drug-likeness (QED) is 0.539. The van der Waals surface area contributed by atoms with Crippen molar-refractivity contribution in [2.24, 2.45) is 0 Å². The molecule has 1 heteroatoms. The van der Waals surface area contributed by atoms with Crippen LogP contribution in [-0.4, -0.2) is 5.78 Å². The molecule has 1 aliphatic rings. The van der Waals surface area contributed by atoms with Gasteiger partial charge in [-0.15, -0.1) is 0 Å². The summed E-state index contributed by atoms with van der Waals surface area (Å²) in [6.45, 7) is 9.64. The zero-order valence-corrected chi connectivity index (χ0v) is 13.7. The fraction of sp³-hybridized carbons (Fsp3) is 0.286. The molecule has 0 amide bonds. The van der Waals surface area contributed by atoms with Gasteiger partial charge in [0.25, 0.3) is 0 Å². The van der Waals surface area contributed by atoms with Crippen molar-refractivity contribution >= 4 is 5.78 Å². The maximum absolute atomic E-state index is 11.6. The SMILES string of the molecule is C=CC(=O)c1ccc(C2(c3ccc(C)cc3)CC2)cc1.CC. The van der Waals surface area contributed by atoms with Crippen LogP contribution in [0.2, 0.25) is 0 Å². The molecule has 3 rings (SSSR count). The highest BCUT2D eigenvalue weighted by Gasteiger charge is 2.45. The highest BCUT2D eigenvalue weighted by molar-refractivity contribution is 6.04. The predicted molar refractivity (Wildman–Crippen MR) is 93.5 cm³/mol. The minimum Gasteiger partial charge on any atom is -0.289 e. The Morgan fingerprint density at radius 3 is 1.82 bits per heavy atom. The second kappa shape index (κ2) is 6.74. The molecule has 1 saturated carbocycles. The van der Waals surface area contributed by atoms with Crippen LogP contribution < -0.4 is 0 Å². The van der Waals surface area contributed by atoms with Crippen molar-refractivity contribution in [3.05, 3.63) is 83.4 Å². The molecule has 0 atom stereocenters. The summed E-state index contributed by atoms with van der Waals surface area (Å²) in [7, 11) is 0. The first-order chi connectivity index (χ1) is 10.7. The van der Waals surface area contributed by atoms with Gasteiger partial charge in [-0.1, -0.05) is 74.5 Å². The molecule has 114 valence electrons. The number of allylic oxidation sites excluding steroid dienone is 1. The molecule has 0 heterocycles. The van der Waals surface area contributed by atoms with Crippen molar-refractivity contribution in [1.82, 2.24) is 0 Å². The van der Waals surface area contributed by atoms with Crippen LogP contribution in [0.5, 0.6) is 0 Å². The normalized spacial score (nSPS) is 14.5. The van der Waals surface area contributed by atoms with Gasteiger partial charge in [0.15, 0.2) is 5.78 Å². The Morgan fingerprint density at radius 1 is 0.955 bits per heavy atom. The Hall–Kier alpha value is -2.15. The number of carbonyl (C=O) groups excluding carboxylic acids is 1. The van der Waals surface area contributed by atoms with Gasteiger partial charge < -0.3 is 0 Å². The van der Waals surface area contributed by atoms with Gasteiger partial charge in [0.05, 0.1) is 0 Å². The van der Waals surface area contributed by atoms with Crippen LogP contribution in [-0.2, 0) is 5.41 Å². The largest absolute Gasteiger partial charge is 0.289 e. The van der Waals surface area contributed by atoms with Crippen LogP contribution in [0.15, 0.2) is 61.2 Å². The molecule has 0 aromatic heterocycles. The number of rotatable bonds is 4. The number of carbonyl (C=O) groups is 1. The van der Waals surface area contributed by atoms with Crippen molar-refractivity contribution in [2.45, 2.75) is 39.0 Å². The predicted octanol–water partition coefficient (Wildman–Crippen LogP) is 5.47. The van der Waals surface area contributed by atoms with Crippen LogP contribution in [0.1, 0.15) is 53.7 Å². The number of hydrogen-bond donors (Lipinski definition) is 0. The van der Waals surface area contributed by atoms with Crippen LogP contribution in [0.4, 0.5) is 0 Å². The molecule has 0 N–H and O–H groups in total. The Balaban J connectivity index is 0.000000847. The van der Waals surface area contributed by atoms with Gasteiger partial charge in [-0.2, -0.15) is 0 Å². The first-order valence-corrected chi connectivity index (χ1v) is 8.00. The average Bonchev–Trinajstić information content (AvgIpc) is 3.38. The summed E-state index contributed by atoms with van der Waals surface area (Å²) in [5, 5.41) is 0. The summed E-state index contributed by atoms with van der Waals surface area (Å²) < 4.78 is 0. The van der Waals surface area contributed by atoms with Gasteiger partial charge in [0, 0.05) is 11.0 Å². The van der Waals surface area contributed by atoms with Crippen molar-refractivity contribution in [3.63, 3.8) is 0 Å². The first-order valence-electron chi connectivity index (χ1n) is 8.00. The van der Waals surface area contributed by atoms with Crippen LogP contribution in [0, 0.1) is 6.92 Å². The van der Waals surface area contributed by atoms with Crippen LogP contribution in [0.3, 0.4) is 0 Å². The third kappa shape index (κ3) is 3.04.